The van der Waals surface area contributed by atoms with Crippen molar-refractivity contribution in [3.8, 4) is 5.75 Å². The van der Waals surface area contributed by atoms with Gasteiger partial charge in [-0.2, -0.15) is 0 Å². The molecule has 2 heterocycles. The highest BCUT2D eigenvalue weighted by Gasteiger charge is 2.45. The van der Waals surface area contributed by atoms with E-state index in [0.29, 0.717) is 54.1 Å². The van der Waals surface area contributed by atoms with Crippen LogP contribution in [0.25, 0.3) is 0 Å². The molecule has 14 heteroatoms. The lowest BCUT2D eigenvalue weighted by Gasteiger charge is -2.39. The molecule has 3 amide bonds. The molecule has 250 valence electrons. The van der Waals surface area contributed by atoms with Crippen molar-refractivity contribution in [2.75, 3.05) is 60.5 Å². The Bertz CT molecular complexity index is 1740. The molecule has 3 aromatic rings. The van der Waals surface area contributed by atoms with Crippen molar-refractivity contribution < 1.29 is 22.7 Å². The summed E-state index contributed by atoms with van der Waals surface area (Å²) in [5.41, 5.74) is 1.97. The van der Waals surface area contributed by atoms with E-state index in [9.17, 15) is 18.0 Å². The van der Waals surface area contributed by atoms with Crippen LogP contribution in [0.1, 0.15) is 35.7 Å². The highest BCUT2D eigenvalue weighted by atomic mass is 35.5. The quantitative estimate of drug-likeness (QED) is 0.347. The first-order chi connectivity index (χ1) is 22.4. The number of piperazine rings is 1. The molecule has 47 heavy (non-hydrogen) atoms. The van der Waals surface area contributed by atoms with Crippen LogP contribution in [-0.4, -0.2) is 106 Å². The fraction of sp³-hybridized carbons (Fsp3) is 0.364. The molecule has 0 spiro atoms. The van der Waals surface area contributed by atoms with Gasteiger partial charge in [0.05, 0.1) is 29.7 Å². The number of sulfonamides is 1. The summed E-state index contributed by atoms with van der Waals surface area (Å²) in [5.74, 6) is 0.578. The van der Waals surface area contributed by atoms with Crippen LogP contribution in [0.4, 0.5) is 4.79 Å². The van der Waals surface area contributed by atoms with Gasteiger partial charge in [0.1, 0.15) is 17.6 Å². The smallest absolute Gasteiger partial charge is 0.326 e. The number of nitrogens with zero attached hydrogens (tertiary/aromatic N) is 5. The number of amides is 3. The minimum absolute atomic E-state index is 0.0388. The lowest BCUT2D eigenvalue weighted by molar-refractivity contribution is -0.122. The first kappa shape index (κ1) is 34.6. The van der Waals surface area contributed by atoms with E-state index in [0.717, 1.165) is 15.4 Å². The van der Waals surface area contributed by atoms with Crippen LogP contribution < -0.4 is 10.1 Å². The molecule has 1 N–H and O–H groups in total. The van der Waals surface area contributed by atoms with Gasteiger partial charge in [0.2, 0.25) is 15.9 Å². The van der Waals surface area contributed by atoms with Gasteiger partial charge < -0.3 is 15.0 Å². The third kappa shape index (κ3) is 7.42. The van der Waals surface area contributed by atoms with Gasteiger partial charge in [-0.15, -0.1) is 0 Å². The first-order valence-electron chi connectivity index (χ1n) is 15.2. The van der Waals surface area contributed by atoms with Gasteiger partial charge in [0, 0.05) is 57.4 Å². The Hall–Kier alpha value is -3.68. The van der Waals surface area contributed by atoms with Gasteiger partial charge in [-0.25, -0.2) is 17.5 Å². The minimum atomic E-state index is -3.84. The van der Waals surface area contributed by atoms with Crippen LogP contribution in [-0.2, 0) is 14.8 Å². The Morgan fingerprint density at radius 2 is 1.53 bits per heavy atom. The summed E-state index contributed by atoms with van der Waals surface area (Å²) in [6.07, 6.45) is 0. The molecular formula is C33H38Cl2N6O5S. The Morgan fingerprint density at radius 3 is 2.09 bits per heavy atom. The summed E-state index contributed by atoms with van der Waals surface area (Å²) in [6.45, 7) is 4.16. The molecule has 0 aromatic heterocycles. The van der Waals surface area contributed by atoms with Gasteiger partial charge in [0.15, 0.2) is 0 Å². The molecule has 1 saturated heterocycles. The number of amidine groups is 1. The van der Waals surface area contributed by atoms with E-state index in [1.807, 2.05) is 36.1 Å². The molecule has 2 atom stereocenters. The van der Waals surface area contributed by atoms with Crippen LogP contribution in [0.15, 0.2) is 76.6 Å². The average molecular weight is 702 g/mol. The maximum atomic E-state index is 14.8. The molecule has 2 unspecified atom stereocenters. The average Bonchev–Trinajstić information content (AvgIpc) is 3.46. The molecule has 0 bridgehead atoms. The predicted molar refractivity (Wildman–Crippen MR) is 183 cm³/mol. The number of ether oxygens (including phenoxy) is 1. The largest absolute Gasteiger partial charge is 0.493 e. The number of carbonyl (C=O) groups excluding carboxylic acids is 2. The van der Waals surface area contributed by atoms with E-state index >= 15 is 0 Å². The van der Waals surface area contributed by atoms with Crippen LogP contribution in [0.2, 0.25) is 10.0 Å². The van der Waals surface area contributed by atoms with Crippen molar-refractivity contribution in [3.63, 3.8) is 0 Å². The summed E-state index contributed by atoms with van der Waals surface area (Å²) in [7, 11) is 0.687. The summed E-state index contributed by atoms with van der Waals surface area (Å²) in [4.78, 5) is 37.4. The molecule has 2 aliphatic rings. The van der Waals surface area contributed by atoms with E-state index in [-0.39, 0.29) is 29.2 Å². The lowest BCUT2D eigenvalue weighted by atomic mass is 9.93. The molecule has 0 saturated carbocycles. The minimum Gasteiger partial charge on any atom is -0.493 e. The number of rotatable bonds is 9. The maximum absolute atomic E-state index is 14.8. The van der Waals surface area contributed by atoms with Crippen LogP contribution >= 0.6 is 23.2 Å². The van der Waals surface area contributed by atoms with E-state index in [2.05, 4.69) is 5.32 Å². The van der Waals surface area contributed by atoms with Crippen LogP contribution in [0.5, 0.6) is 5.75 Å². The molecule has 5 rings (SSSR count). The first-order valence-corrected chi connectivity index (χ1v) is 17.4. The Kier molecular flexibility index (Phi) is 10.8. The predicted octanol–water partition coefficient (Wildman–Crippen LogP) is 4.67. The number of halogens is 2. The third-order valence-corrected chi connectivity index (χ3v) is 10.6. The van der Waals surface area contributed by atoms with Crippen molar-refractivity contribution in [2.45, 2.75) is 23.9 Å². The van der Waals surface area contributed by atoms with E-state index in [1.165, 1.54) is 26.2 Å². The van der Waals surface area contributed by atoms with E-state index in [4.69, 9.17) is 32.9 Å². The number of hydrogen-bond donors (Lipinski definition) is 1. The van der Waals surface area contributed by atoms with Crippen LogP contribution in [0, 0.1) is 0 Å². The molecule has 3 aromatic carbocycles. The monoisotopic (exact) mass is 700 g/mol. The van der Waals surface area contributed by atoms with Crippen molar-refractivity contribution in [1.29, 1.82) is 0 Å². The summed E-state index contributed by atoms with van der Waals surface area (Å²) >= 11 is 12.6. The van der Waals surface area contributed by atoms with Gasteiger partial charge in [-0.3, -0.25) is 19.6 Å². The Balaban J connectivity index is 1.67. The maximum Gasteiger partial charge on any atom is 0.326 e. The van der Waals surface area contributed by atoms with Gasteiger partial charge >= 0.3 is 6.03 Å². The highest BCUT2D eigenvalue weighted by Crippen LogP contribution is 2.45. The van der Waals surface area contributed by atoms with E-state index in [1.54, 1.807) is 47.2 Å². The van der Waals surface area contributed by atoms with Gasteiger partial charge in [0.25, 0.3) is 0 Å². The second-order valence-electron chi connectivity index (χ2n) is 11.4. The number of hydrogen-bond acceptors (Lipinski definition) is 7. The zero-order valence-corrected chi connectivity index (χ0v) is 29.0. The lowest BCUT2D eigenvalue weighted by Crippen LogP contribution is -2.55. The normalized spacial score (nSPS) is 18.7. The highest BCUT2D eigenvalue weighted by molar-refractivity contribution is 7.89. The number of benzene rings is 3. The third-order valence-electron chi connectivity index (χ3n) is 8.26. The van der Waals surface area contributed by atoms with Crippen molar-refractivity contribution in [3.05, 3.63) is 93.5 Å². The fourth-order valence-corrected chi connectivity index (χ4v) is 6.90. The van der Waals surface area contributed by atoms with Crippen molar-refractivity contribution in [2.24, 2.45) is 4.99 Å². The van der Waals surface area contributed by atoms with Crippen LogP contribution in [0.3, 0.4) is 0 Å². The fourth-order valence-electron chi connectivity index (χ4n) is 5.72. The number of carbonyl (C=O) groups is 2. The molecular weight excluding hydrogens is 663 g/mol. The number of likely N-dealkylation sites (N-methyl/N-ethyl adjacent to an activating group) is 1. The summed E-state index contributed by atoms with van der Waals surface area (Å²) < 4.78 is 33.7. The second kappa shape index (κ2) is 14.6. The van der Waals surface area contributed by atoms with Gasteiger partial charge in [-0.05, 0) is 60.5 Å². The molecule has 0 aliphatic carbocycles. The van der Waals surface area contributed by atoms with Crippen molar-refractivity contribution >= 4 is 51.0 Å². The molecule has 0 radical (unpaired) electrons. The van der Waals surface area contributed by atoms with Crippen molar-refractivity contribution in [1.82, 2.24) is 24.3 Å². The summed E-state index contributed by atoms with van der Waals surface area (Å²) in [5, 5.41) is 3.74. The molecule has 11 nitrogen and oxygen atoms in total. The zero-order valence-electron chi connectivity index (χ0n) is 26.7. The Morgan fingerprint density at radius 1 is 0.936 bits per heavy atom. The zero-order chi connectivity index (χ0) is 33.9. The van der Waals surface area contributed by atoms with E-state index < -0.39 is 22.1 Å². The molecule has 2 aliphatic heterocycles. The topological polar surface area (TPSA) is 115 Å². The number of nitrogens with one attached hydrogen (secondary N) is 1. The number of urea groups is 1. The molecule has 1 fully saturated rings. The second-order valence-corrected chi connectivity index (χ2v) is 14.4. The van der Waals surface area contributed by atoms with Gasteiger partial charge in [-0.1, -0.05) is 47.5 Å². The standard InChI is InChI=1S/C33H38Cl2N6O5S/c1-5-46-28-15-14-26(47(44,45)38(3)4)20-27(28)32-37-30(22-6-10-24(34)11-7-22)31(23-8-12-25(35)13-9-23)41(32)33(43)40-18-16-39(17-19-40)21-29(42)36-2/h6-15,20,30-31H,5,16-19,21H2,1-4H3,(H,36,42). The summed E-state index contributed by atoms with van der Waals surface area (Å²) in [6, 6.07) is 17.7. The Labute approximate surface area is 285 Å². The number of aliphatic imine (C=N–C) groups is 1. The SMILES string of the molecule is CCOc1ccc(S(=O)(=O)N(C)C)cc1C1=NC(c2ccc(Cl)cc2)C(c2ccc(Cl)cc2)N1C(=O)N1CCN(CC(=O)NC)CC1.